The summed E-state index contributed by atoms with van der Waals surface area (Å²) in [5.41, 5.74) is 5.05. The maximum atomic E-state index is 14.2. The summed E-state index contributed by atoms with van der Waals surface area (Å²) in [4.78, 5) is 45.3. The number of anilines is 1. The largest absolute Gasteiger partial charge is 0.352 e. The van der Waals surface area contributed by atoms with Gasteiger partial charge in [0.05, 0.1) is 27.2 Å². The van der Waals surface area contributed by atoms with E-state index in [1.165, 1.54) is 17.8 Å². The second-order valence-corrected chi connectivity index (χ2v) is 13.6. The van der Waals surface area contributed by atoms with Crippen molar-refractivity contribution in [1.29, 1.82) is 0 Å². The lowest BCUT2D eigenvalue weighted by Gasteiger charge is -2.45. The van der Waals surface area contributed by atoms with Crippen LogP contribution >= 0.6 is 23.4 Å². The summed E-state index contributed by atoms with van der Waals surface area (Å²) in [6.45, 7) is 19.1. The zero-order chi connectivity index (χ0) is 31.2. The Bertz CT molecular complexity index is 1700. The Hall–Kier alpha value is -3.43. The molecular weight excluding hydrogens is 580 g/mol. The Morgan fingerprint density at radius 3 is 2.47 bits per heavy atom. The van der Waals surface area contributed by atoms with Gasteiger partial charge in [-0.05, 0) is 58.2 Å². The molecule has 0 N–H and O–H groups in total. The number of benzene rings is 1. The van der Waals surface area contributed by atoms with Crippen molar-refractivity contribution in [2.45, 2.75) is 71.5 Å². The minimum atomic E-state index is -0.538. The molecule has 0 bridgehead atoms. The molecule has 43 heavy (non-hydrogen) atoms. The van der Waals surface area contributed by atoms with Crippen molar-refractivity contribution in [3.05, 3.63) is 69.6 Å². The first-order valence-electron chi connectivity index (χ1n) is 14.6. The second kappa shape index (κ2) is 11.9. The molecule has 1 saturated heterocycles. The van der Waals surface area contributed by atoms with Gasteiger partial charge in [0.25, 0.3) is 0 Å². The fraction of sp³-hybridized carbons (Fsp3) is 0.424. The molecule has 0 spiro atoms. The van der Waals surface area contributed by atoms with Gasteiger partial charge in [-0.15, -0.1) is 0 Å². The maximum Gasteiger partial charge on any atom is 0.352 e. The van der Waals surface area contributed by atoms with E-state index in [0.717, 1.165) is 16.7 Å². The lowest BCUT2D eigenvalue weighted by molar-refractivity contribution is -0.127. The molecule has 10 heteroatoms. The van der Waals surface area contributed by atoms with Crippen LogP contribution in [0.25, 0.3) is 28.4 Å². The predicted octanol–water partition coefficient (Wildman–Crippen LogP) is 6.84. The number of halogens is 1. The average Bonchev–Trinajstić information content (AvgIpc) is 3.34. The third-order valence-electron chi connectivity index (χ3n) is 8.57. The van der Waals surface area contributed by atoms with Gasteiger partial charge < -0.3 is 9.80 Å². The summed E-state index contributed by atoms with van der Waals surface area (Å²) < 4.78 is 1.70. The van der Waals surface area contributed by atoms with Gasteiger partial charge in [0, 0.05) is 30.7 Å². The van der Waals surface area contributed by atoms with Crippen LogP contribution in [0.3, 0.4) is 0 Å². The van der Waals surface area contributed by atoms with Gasteiger partial charge in [-0.3, -0.25) is 14.4 Å². The Kier molecular flexibility index (Phi) is 8.60. The van der Waals surface area contributed by atoms with Crippen LogP contribution in [0.1, 0.15) is 59.4 Å². The summed E-state index contributed by atoms with van der Waals surface area (Å²) in [7, 11) is 0. The number of allylic oxidation sites excluding steroid dienone is 1. The molecule has 0 radical (unpaired) electrons. The molecule has 1 fully saturated rings. The van der Waals surface area contributed by atoms with E-state index in [1.54, 1.807) is 9.47 Å². The van der Waals surface area contributed by atoms with E-state index < -0.39 is 5.54 Å². The van der Waals surface area contributed by atoms with Crippen LogP contribution in [0.15, 0.2) is 58.3 Å². The molecule has 2 unspecified atom stereocenters. The molecule has 1 aromatic carbocycles. The standard InChI is InChI=1S/C33H39ClN6O2S/c1-9-27(41)38-16-21(6)39(22(7)17-38)30-25-15-26(34)28(24-13-11-10-12-23(24)14-19(2)3)36-29(25)40(32(42)37-30)31-33(8,20(4)5)35-18-43-31/h9-15,18,20-22,31H,1,16-17H2,2-8H3/t21-,22-,31?,33?/m0/s1. The number of amides is 1. The fourth-order valence-electron chi connectivity index (χ4n) is 6.08. The van der Waals surface area contributed by atoms with Gasteiger partial charge >= 0.3 is 5.69 Å². The molecule has 8 nitrogen and oxygen atoms in total. The SMILES string of the molecule is C=CC(=O)N1C[C@H](C)N(c2nc(=O)n(C3SC=NC3(C)C(C)C)c3nc(-c4ccccc4C=C(C)C)c(Cl)cc23)[C@@H](C)C1. The number of hydrogen-bond acceptors (Lipinski definition) is 7. The summed E-state index contributed by atoms with van der Waals surface area (Å²) in [5.74, 6) is 0.573. The van der Waals surface area contributed by atoms with E-state index in [1.807, 2.05) is 49.7 Å². The minimum absolute atomic E-state index is 0.109. The van der Waals surface area contributed by atoms with Crippen LogP contribution in [0, 0.1) is 5.92 Å². The molecule has 2 aliphatic heterocycles. The second-order valence-electron chi connectivity index (χ2n) is 12.2. The highest BCUT2D eigenvalue weighted by Crippen LogP contribution is 2.46. The van der Waals surface area contributed by atoms with Crippen LogP contribution in [0.5, 0.6) is 0 Å². The number of carbonyl (C=O) groups is 1. The van der Waals surface area contributed by atoms with Crippen LogP contribution in [0.2, 0.25) is 5.02 Å². The quantitative estimate of drug-likeness (QED) is 0.281. The lowest BCUT2D eigenvalue weighted by atomic mass is 9.88. The van der Waals surface area contributed by atoms with Gasteiger partial charge in [0.1, 0.15) is 16.8 Å². The Morgan fingerprint density at radius 2 is 1.84 bits per heavy atom. The van der Waals surface area contributed by atoms with Crippen LogP contribution in [-0.4, -0.2) is 61.6 Å². The number of piperazine rings is 1. The van der Waals surface area contributed by atoms with Crippen molar-refractivity contribution >= 4 is 57.7 Å². The number of rotatable bonds is 6. The molecule has 2 aliphatic rings. The first-order chi connectivity index (χ1) is 20.4. The minimum Gasteiger partial charge on any atom is -0.347 e. The fourth-order valence-corrected chi connectivity index (χ4v) is 7.65. The van der Waals surface area contributed by atoms with Crippen molar-refractivity contribution in [3.63, 3.8) is 0 Å². The number of aromatic nitrogens is 3. The molecule has 4 atom stereocenters. The highest BCUT2D eigenvalue weighted by atomic mass is 35.5. The van der Waals surface area contributed by atoms with Crippen molar-refractivity contribution in [3.8, 4) is 11.3 Å². The van der Waals surface area contributed by atoms with E-state index in [9.17, 15) is 9.59 Å². The lowest BCUT2D eigenvalue weighted by Crippen LogP contribution is -2.58. The first-order valence-corrected chi connectivity index (χ1v) is 15.9. The van der Waals surface area contributed by atoms with E-state index in [4.69, 9.17) is 26.6 Å². The van der Waals surface area contributed by atoms with Gasteiger partial charge in [0.15, 0.2) is 0 Å². The number of thioether (sulfide) groups is 1. The molecule has 4 heterocycles. The zero-order valence-electron chi connectivity index (χ0n) is 25.8. The summed E-state index contributed by atoms with van der Waals surface area (Å²) in [6, 6.07) is 9.68. The van der Waals surface area contributed by atoms with Crippen LogP contribution in [-0.2, 0) is 4.79 Å². The molecule has 3 aromatic rings. The number of nitrogens with zero attached hydrogens (tertiary/aromatic N) is 6. The van der Waals surface area contributed by atoms with E-state index >= 15 is 0 Å². The number of fused-ring (bicyclic) bond motifs is 1. The topological polar surface area (TPSA) is 83.7 Å². The Balaban J connectivity index is 1.79. The maximum absolute atomic E-state index is 14.2. The van der Waals surface area contributed by atoms with Crippen LogP contribution < -0.4 is 10.6 Å². The molecule has 0 saturated carbocycles. The van der Waals surface area contributed by atoms with Gasteiger partial charge in [-0.2, -0.15) is 4.98 Å². The van der Waals surface area contributed by atoms with Gasteiger partial charge in [-0.1, -0.05) is 79.7 Å². The van der Waals surface area contributed by atoms with Gasteiger partial charge in [-0.25, -0.2) is 9.78 Å². The number of hydrogen-bond donors (Lipinski definition) is 0. The Labute approximate surface area is 262 Å². The normalized spacial score (nSPS) is 23.7. The predicted molar refractivity (Wildman–Crippen MR) is 180 cm³/mol. The van der Waals surface area contributed by atoms with Crippen molar-refractivity contribution in [2.24, 2.45) is 10.9 Å². The molecule has 0 aliphatic carbocycles. The zero-order valence-corrected chi connectivity index (χ0v) is 27.4. The van der Waals surface area contributed by atoms with Crippen molar-refractivity contribution in [2.75, 3.05) is 18.0 Å². The summed E-state index contributed by atoms with van der Waals surface area (Å²) in [5, 5.41) is 0.822. The van der Waals surface area contributed by atoms with E-state index in [0.29, 0.717) is 40.7 Å². The van der Waals surface area contributed by atoms with E-state index in [2.05, 4.69) is 52.2 Å². The van der Waals surface area contributed by atoms with Crippen molar-refractivity contribution < 1.29 is 4.79 Å². The van der Waals surface area contributed by atoms with E-state index in [-0.39, 0.29) is 35.0 Å². The summed E-state index contributed by atoms with van der Waals surface area (Å²) in [6.07, 6.45) is 3.45. The molecule has 1 amide bonds. The number of aliphatic imine (C=N–C) groups is 1. The highest BCUT2D eigenvalue weighted by molar-refractivity contribution is 8.12. The molecular formula is C33H39ClN6O2S. The smallest absolute Gasteiger partial charge is 0.347 e. The average molecular weight is 619 g/mol. The summed E-state index contributed by atoms with van der Waals surface area (Å²) >= 11 is 8.57. The number of carbonyl (C=O) groups excluding carboxylic acids is 1. The monoisotopic (exact) mass is 618 g/mol. The molecule has 2 aromatic heterocycles. The van der Waals surface area contributed by atoms with Crippen molar-refractivity contribution in [1.82, 2.24) is 19.4 Å². The Morgan fingerprint density at radius 1 is 1.16 bits per heavy atom. The third kappa shape index (κ3) is 5.53. The highest BCUT2D eigenvalue weighted by Gasteiger charge is 2.44. The third-order valence-corrected chi connectivity index (χ3v) is 10.0. The first kappa shape index (κ1) is 31.0. The van der Waals surface area contributed by atoms with Crippen LogP contribution in [0.4, 0.5) is 5.82 Å². The number of pyridine rings is 1. The van der Waals surface area contributed by atoms with Gasteiger partial charge in [0.2, 0.25) is 5.91 Å². The molecule has 226 valence electrons. The molecule has 5 rings (SSSR count).